The van der Waals surface area contributed by atoms with Crippen LogP contribution in [0.15, 0.2) is 24.3 Å². The second kappa shape index (κ2) is 6.39. The molecule has 1 aromatic heterocycles. The minimum Gasteiger partial charge on any atom is -0.461 e. The predicted octanol–water partition coefficient (Wildman–Crippen LogP) is 3.11. The molecule has 112 valence electrons. The van der Waals surface area contributed by atoms with Crippen molar-refractivity contribution in [2.24, 2.45) is 0 Å². The minimum absolute atomic E-state index is 0.0232. The van der Waals surface area contributed by atoms with Crippen molar-refractivity contribution in [1.82, 2.24) is 15.0 Å². The topological polar surface area (TPSA) is 86.0 Å². The van der Waals surface area contributed by atoms with Gasteiger partial charge in [-0.2, -0.15) is 15.0 Å². The summed E-state index contributed by atoms with van der Waals surface area (Å²) in [6.07, 6.45) is -0.0232. The molecule has 6 heteroatoms. The molecule has 0 saturated heterocycles. The van der Waals surface area contributed by atoms with Crippen molar-refractivity contribution < 1.29 is 4.74 Å². The highest BCUT2D eigenvalue weighted by Gasteiger charge is 2.08. The Morgan fingerprint density at radius 2 is 1.67 bits per heavy atom. The number of anilines is 3. The fraction of sp³-hybridized carbons (Fsp3) is 0.400. The molecule has 0 radical (unpaired) electrons. The number of rotatable bonds is 5. The Balaban J connectivity index is 2.16. The summed E-state index contributed by atoms with van der Waals surface area (Å²) in [6.45, 7) is 8.12. The SMILES string of the molecule is CC(C)Oc1nc(N)nc(Nc2ccc(C(C)C)cc2)n1. The number of aromatic nitrogens is 3. The van der Waals surface area contributed by atoms with E-state index in [2.05, 4.69) is 46.2 Å². The highest BCUT2D eigenvalue weighted by molar-refractivity contribution is 5.54. The van der Waals surface area contributed by atoms with E-state index >= 15 is 0 Å². The summed E-state index contributed by atoms with van der Waals surface area (Å²) in [4.78, 5) is 12.2. The smallest absolute Gasteiger partial charge is 0.323 e. The van der Waals surface area contributed by atoms with Gasteiger partial charge in [-0.15, -0.1) is 0 Å². The molecule has 0 aliphatic heterocycles. The van der Waals surface area contributed by atoms with Crippen LogP contribution in [0, 0.1) is 0 Å². The van der Waals surface area contributed by atoms with Crippen molar-refractivity contribution in [2.45, 2.75) is 39.7 Å². The zero-order valence-corrected chi connectivity index (χ0v) is 12.8. The van der Waals surface area contributed by atoms with Gasteiger partial charge in [0.05, 0.1) is 6.10 Å². The largest absolute Gasteiger partial charge is 0.461 e. The maximum absolute atomic E-state index is 5.67. The van der Waals surface area contributed by atoms with Crippen LogP contribution in [0.5, 0.6) is 6.01 Å². The molecule has 0 aliphatic rings. The number of nitrogens with zero attached hydrogens (tertiary/aromatic N) is 3. The molecule has 0 saturated carbocycles. The van der Waals surface area contributed by atoms with Crippen molar-refractivity contribution in [3.8, 4) is 6.01 Å². The zero-order chi connectivity index (χ0) is 15.4. The van der Waals surface area contributed by atoms with Gasteiger partial charge in [-0.25, -0.2) is 0 Å². The summed E-state index contributed by atoms with van der Waals surface area (Å²) in [5, 5.41) is 3.10. The lowest BCUT2D eigenvalue weighted by molar-refractivity contribution is 0.222. The maximum Gasteiger partial charge on any atom is 0.323 e. The number of nitrogens with two attached hydrogens (primary N) is 1. The van der Waals surface area contributed by atoms with E-state index in [1.165, 1.54) is 5.56 Å². The number of benzene rings is 1. The van der Waals surface area contributed by atoms with Crippen LogP contribution in [-0.2, 0) is 0 Å². The molecule has 1 aromatic carbocycles. The van der Waals surface area contributed by atoms with Crippen molar-refractivity contribution in [1.29, 1.82) is 0 Å². The highest BCUT2D eigenvalue weighted by Crippen LogP contribution is 2.20. The molecule has 0 aliphatic carbocycles. The number of hydrogen-bond acceptors (Lipinski definition) is 6. The molecule has 0 unspecified atom stereocenters. The fourth-order valence-electron chi connectivity index (χ4n) is 1.77. The van der Waals surface area contributed by atoms with E-state index in [1.807, 2.05) is 26.0 Å². The van der Waals surface area contributed by atoms with E-state index in [4.69, 9.17) is 10.5 Å². The zero-order valence-electron chi connectivity index (χ0n) is 12.8. The molecule has 0 amide bonds. The number of nitrogens with one attached hydrogen (secondary N) is 1. The van der Waals surface area contributed by atoms with Gasteiger partial charge < -0.3 is 15.8 Å². The van der Waals surface area contributed by atoms with Gasteiger partial charge in [-0.1, -0.05) is 26.0 Å². The Morgan fingerprint density at radius 3 is 2.24 bits per heavy atom. The van der Waals surface area contributed by atoms with E-state index in [9.17, 15) is 0 Å². The molecule has 0 bridgehead atoms. The Kier molecular flexibility index (Phi) is 4.57. The number of nitrogen functional groups attached to an aromatic ring is 1. The Bertz CT molecular complexity index is 596. The van der Waals surface area contributed by atoms with Crippen LogP contribution in [0.1, 0.15) is 39.2 Å². The van der Waals surface area contributed by atoms with E-state index in [0.29, 0.717) is 11.9 Å². The third-order valence-electron chi connectivity index (χ3n) is 2.81. The predicted molar refractivity (Wildman–Crippen MR) is 83.8 cm³/mol. The van der Waals surface area contributed by atoms with Gasteiger partial charge in [-0.05, 0) is 37.5 Å². The molecule has 0 spiro atoms. The standard InChI is InChI=1S/C15H21N5O/c1-9(2)11-5-7-12(8-6-11)17-14-18-13(16)19-15(20-14)21-10(3)4/h5-10H,1-4H3,(H3,16,17,18,19,20). The molecule has 2 aromatic rings. The lowest BCUT2D eigenvalue weighted by atomic mass is 10.0. The number of ether oxygens (including phenoxy) is 1. The summed E-state index contributed by atoms with van der Waals surface area (Å²) in [6, 6.07) is 8.33. The maximum atomic E-state index is 5.67. The second-order valence-corrected chi connectivity index (χ2v) is 5.37. The fourth-order valence-corrected chi connectivity index (χ4v) is 1.77. The van der Waals surface area contributed by atoms with Crippen LogP contribution in [0.4, 0.5) is 17.6 Å². The Morgan fingerprint density at radius 1 is 1.00 bits per heavy atom. The van der Waals surface area contributed by atoms with Crippen molar-refractivity contribution in [3.05, 3.63) is 29.8 Å². The molecule has 2 rings (SSSR count). The van der Waals surface area contributed by atoms with E-state index < -0.39 is 0 Å². The van der Waals surface area contributed by atoms with Crippen molar-refractivity contribution in [3.63, 3.8) is 0 Å². The van der Waals surface area contributed by atoms with Crippen molar-refractivity contribution in [2.75, 3.05) is 11.1 Å². The average Bonchev–Trinajstić information content (AvgIpc) is 2.37. The first kappa shape index (κ1) is 15.0. The minimum atomic E-state index is -0.0232. The Labute approximate surface area is 124 Å². The molecule has 0 fully saturated rings. The highest BCUT2D eigenvalue weighted by atomic mass is 16.5. The van der Waals surface area contributed by atoms with Crippen molar-refractivity contribution >= 4 is 17.6 Å². The van der Waals surface area contributed by atoms with E-state index in [0.717, 1.165) is 5.69 Å². The van der Waals surface area contributed by atoms with Gasteiger partial charge in [0.15, 0.2) is 0 Å². The molecular formula is C15H21N5O. The molecule has 1 heterocycles. The summed E-state index contributed by atoms with van der Waals surface area (Å²) >= 11 is 0. The van der Waals surface area contributed by atoms with E-state index in [-0.39, 0.29) is 18.1 Å². The lowest BCUT2D eigenvalue weighted by Gasteiger charge is -2.11. The van der Waals surface area contributed by atoms with E-state index in [1.54, 1.807) is 0 Å². The summed E-state index contributed by atoms with van der Waals surface area (Å²) < 4.78 is 5.44. The first-order valence-electron chi connectivity index (χ1n) is 6.99. The van der Waals surface area contributed by atoms with Crippen LogP contribution >= 0.6 is 0 Å². The van der Waals surface area contributed by atoms with Gasteiger partial charge in [-0.3, -0.25) is 0 Å². The quantitative estimate of drug-likeness (QED) is 0.878. The molecule has 21 heavy (non-hydrogen) atoms. The molecule has 0 atom stereocenters. The third-order valence-corrected chi connectivity index (χ3v) is 2.81. The van der Waals surface area contributed by atoms with Crippen LogP contribution < -0.4 is 15.8 Å². The molecule has 3 N–H and O–H groups in total. The van der Waals surface area contributed by atoms with Crippen LogP contribution in [0.25, 0.3) is 0 Å². The van der Waals surface area contributed by atoms with Gasteiger partial charge in [0.1, 0.15) is 0 Å². The normalized spacial score (nSPS) is 11.0. The first-order chi connectivity index (χ1) is 9.94. The van der Waals surface area contributed by atoms with Gasteiger partial charge in [0.2, 0.25) is 11.9 Å². The van der Waals surface area contributed by atoms with Gasteiger partial charge >= 0.3 is 6.01 Å². The summed E-state index contributed by atoms with van der Waals surface area (Å²) in [5.41, 5.74) is 7.84. The lowest BCUT2D eigenvalue weighted by Crippen LogP contribution is -2.11. The third kappa shape index (κ3) is 4.30. The average molecular weight is 287 g/mol. The summed E-state index contributed by atoms with van der Waals surface area (Å²) in [7, 11) is 0. The van der Waals surface area contributed by atoms with Gasteiger partial charge in [0.25, 0.3) is 0 Å². The summed E-state index contributed by atoms with van der Waals surface area (Å²) in [5.74, 6) is 0.996. The van der Waals surface area contributed by atoms with Gasteiger partial charge in [0, 0.05) is 5.69 Å². The number of hydrogen-bond donors (Lipinski definition) is 2. The second-order valence-electron chi connectivity index (χ2n) is 5.37. The van der Waals surface area contributed by atoms with Crippen LogP contribution in [0.3, 0.4) is 0 Å². The van der Waals surface area contributed by atoms with Crippen LogP contribution in [0.2, 0.25) is 0 Å². The first-order valence-corrected chi connectivity index (χ1v) is 6.99. The Hall–Kier alpha value is -2.37. The molecular weight excluding hydrogens is 266 g/mol. The monoisotopic (exact) mass is 287 g/mol. The molecule has 6 nitrogen and oxygen atoms in total. The van der Waals surface area contributed by atoms with Crippen LogP contribution in [-0.4, -0.2) is 21.1 Å².